The molecule has 2 nitrogen and oxygen atoms in total. The van der Waals surface area contributed by atoms with E-state index in [2.05, 4.69) is 5.32 Å². The van der Waals surface area contributed by atoms with Crippen LogP contribution in [-0.2, 0) is 0 Å². The zero-order chi connectivity index (χ0) is 14.0. The van der Waals surface area contributed by atoms with Crippen molar-refractivity contribution in [3.8, 4) is 5.75 Å². The SMILES string of the molecule is CC(Nc1c(F)cc(F)cc1F)c1ccc(O)cc1. The number of rotatable bonds is 3. The first-order valence-corrected chi connectivity index (χ1v) is 5.67. The molecule has 0 saturated carbocycles. The van der Waals surface area contributed by atoms with Crippen LogP contribution in [0.2, 0.25) is 0 Å². The normalized spacial score (nSPS) is 12.2. The molecule has 0 radical (unpaired) electrons. The summed E-state index contributed by atoms with van der Waals surface area (Å²) in [5, 5.41) is 11.8. The zero-order valence-corrected chi connectivity index (χ0v) is 10.1. The van der Waals surface area contributed by atoms with Gasteiger partial charge in [-0.1, -0.05) is 12.1 Å². The van der Waals surface area contributed by atoms with Crippen LogP contribution in [0.15, 0.2) is 36.4 Å². The van der Waals surface area contributed by atoms with Gasteiger partial charge in [0.25, 0.3) is 0 Å². The number of halogens is 3. The topological polar surface area (TPSA) is 32.3 Å². The lowest BCUT2D eigenvalue weighted by Gasteiger charge is -2.17. The molecule has 0 amide bonds. The lowest BCUT2D eigenvalue weighted by Crippen LogP contribution is -2.09. The van der Waals surface area contributed by atoms with Crippen molar-refractivity contribution < 1.29 is 18.3 Å². The Morgan fingerprint density at radius 1 is 1.00 bits per heavy atom. The maximum atomic E-state index is 13.5. The molecule has 0 fully saturated rings. The molecule has 0 spiro atoms. The van der Waals surface area contributed by atoms with Crippen LogP contribution in [0, 0.1) is 17.5 Å². The molecule has 1 atom stereocenters. The molecular formula is C14H12F3NO. The minimum absolute atomic E-state index is 0.107. The van der Waals surface area contributed by atoms with Crippen molar-refractivity contribution in [3.63, 3.8) is 0 Å². The maximum Gasteiger partial charge on any atom is 0.152 e. The molecule has 2 N–H and O–H groups in total. The molecule has 2 rings (SSSR count). The van der Waals surface area contributed by atoms with Gasteiger partial charge in [-0.15, -0.1) is 0 Å². The summed E-state index contributed by atoms with van der Waals surface area (Å²) in [6.07, 6.45) is 0. The van der Waals surface area contributed by atoms with E-state index in [1.165, 1.54) is 12.1 Å². The number of aromatic hydroxyl groups is 1. The third-order valence-corrected chi connectivity index (χ3v) is 2.76. The maximum absolute atomic E-state index is 13.5. The number of hydrogen-bond acceptors (Lipinski definition) is 2. The molecule has 2 aromatic carbocycles. The Labute approximate surface area is 108 Å². The van der Waals surface area contributed by atoms with Gasteiger partial charge in [0.1, 0.15) is 17.3 Å². The second kappa shape index (κ2) is 5.22. The van der Waals surface area contributed by atoms with Gasteiger partial charge in [-0.05, 0) is 24.6 Å². The Bertz CT molecular complexity index is 561. The predicted octanol–water partition coefficient (Wildman–Crippen LogP) is 3.98. The van der Waals surface area contributed by atoms with Gasteiger partial charge in [-0.25, -0.2) is 13.2 Å². The van der Waals surface area contributed by atoms with Crippen molar-refractivity contribution >= 4 is 5.69 Å². The second-order valence-corrected chi connectivity index (χ2v) is 4.20. The first-order valence-electron chi connectivity index (χ1n) is 5.67. The summed E-state index contributed by atoms with van der Waals surface area (Å²) in [5.74, 6) is -2.82. The molecular weight excluding hydrogens is 255 g/mol. The summed E-state index contributed by atoms with van der Waals surface area (Å²) < 4.78 is 39.7. The van der Waals surface area contributed by atoms with Gasteiger partial charge in [0.15, 0.2) is 11.6 Å². The largest absolute Gasteiger partial charge is 0.508 e. The molecule has 0 saturated heterocycles. The van der Waals surface area contributed by atoms with Crippen molar-refractivity contribution in [3.05, 3.63) is 59.4 Å². The summed E-state index contributed by atoms with van der Waals surface area (Å²) in [6.45, 7) is 1.70. The van der Waals surface area contributed by atoms with E-state index in [1.807, 2.05) is 0 Å². The molecule has 0 aromatic heterocycles. The molecule has 0 bridgehead atoms. The van der Waals surface area contributed by atoms with Crippen LogP contribution in [0.3, 0.4) is 0 Å². The van der Waals surface area contributed by atoms with E-state index in [0.29, 0.717) is 12.1 Å². The Morgan fingerprint density at radius 3 is 2.05 bits per heavy atom. The van der Waals surface area contributed by atoms with Crippen molar-refractivity contribution in [1.29, 1.82) is 0 Å². The fourth-order valence-electron chi connectivity index (χ4n) is 1.74. The predicted molar refractivity (Wildman–Crippen MR) is 66.5 cm³/mol. The molecule has 19 heavy (non-hydrogen) atoms. The van der Waals surface area contributed by atoms with Crippen LogP contribution in [0.25, 0.3) is 0 Å². The number of nitrogens with one attached hydrogen (secondary N) is 1. The minimum Gasteiger partial charge on any atom is -0.508 e. The minimum atomic E-state index is -0.983. The van der Waals surface area contributed by atoms with Gasteiger partial charge in [0.2, 0.25) is 0 Å². The number of phenols is 1. The first-order chi connectivity index (χ1) is 8.97. The Hall–Kier alpha value is -2.17. The summed E-state index contributed by atoms with van der Waals surface area (Å²) in [5.41, 5.74) is 0.364. The van der Waals surface area contributed by atoms with Crippen molar-refractivity contribution in [2.45, 2.75) is 13.0 Å². The molecule has 5 heteroatoms. The lowest BCUT2D eigenvalue weighted by molar-refractivity contribution is 0.475. The molecule has 0 aliphatic heterocycles. The standard InChI is InChI=1S/C14H12F3NO/c1-8(9-2-4-11(19)5-3-9)18-14-12(16)6-10(15)7-13(14)17/h2-8,18-19H,1H3. The van der Waals surface area contributed by atoms with Gasteiger partial charge < -0.3 is 10.4 Å². The van der Waals surface area contributed by atoms with Gasteiger partial charge in [-0.3, -0.25) is 0 Å². The monoisotopic (exact) mass is 267 g/mol. The molecule has 1 unspecified atom stereocenters. The quantitative estimate of drug-likeness (QED) is 0.881. The smallest absolute Gasteiger partial charge is 0.152 e. The average molecular weight is 267 g/mol. The summed E-state index contributed by atoms with van der Waals surface area (Å²) in [4.78, 5) is 0. The highest BCUT2D eigenvalue weighted by molar-refractivity contribution is 5.48. The van der Waals surface area contributed by atoms with Crippen LogP contribution in [0.1, 0.15) is 18.5 Å². The number of benzene rings is 2. The fraction of sp³-hybridized carbons (Fsp3) is 0.143. The van der Waals surface area contributed by atoms with Crippen molar-refractivity contribution in [1.82, 2.24) is 0 Å². The van der Waals surface area contributed by atoms with E-state index >= 15 is 0 Å². The second-order valence-electron chi connectivity index (χ2n) is 4.20. The van der Waals surface area contributed by atoms with Crippen LogP contribution >= 0.6 is 0 Å². The fourth-order valence-corrected chi connectivity index (χ4v) is 1.74. The van der Waals surface area contributed by atoms with Crippen LogP contribution < -0.4 is 5.32 Å². The van der Waals surface area contributed by atoms with E-state index in [9.17, 15) is 13.2 Å². The highest BCUT2D eigenvalue weighted by Gasteiger charge is 2.14. The molecule has 0 aliphatic rings. The van der Waals surface area contributed by atoms with Crippen LogP contribution in [0.4, 0.5) is 18.9 Å². The molecule has 0 heterocycles. The highest BCUT2D eigenvalue weighted by atomic mass is 19.1. The van der Waals surface area contributed by atoms with Crippen LogP contribution in [-0.4, -0.2) is 5.11 Å². The van der Waals surface area contributed by atoms with E-state index in [-0.39, 0.29) is 11.4 Å². The Balaban J connectivity index is 2.24. The van der Waals surface area contributed by atoms with Gasteiger partial charge >= 0.3 is 0 Å². The first kappa shape index (κ1) is 13.3. The number of anilines is 1. The third-order valence-electron chi connectivity index (χ3n) is 2.76. The van der Waals surface area contributed by atoms with Gasteiger partial charge in [0.05, 0.1) is 0 Å². The summed E-state index contributed by atoms with van der Waals surface area (Å²) in [6, 6.07) is 7.06. The lowest BCUT2D eigenvalue weighted by atomic mass is 10.1. The third kappa shape index (κ3) is 2.99. The Kier molecular flexibility index (Phi) is 3.64. The zero-order valence-electron chi connectivity index (χ0n) is 10.1. The van der Waals surface area contributed by atoms with Crippen LogP contribution in [0.5, 0.6) is 5.75 Å². The van der Waals surface area contributed by atoms with Crippen molar-refractivity contribution in [2.75, 3.05) is 5.32 Å². The van der Waals surface area contributed by atoms with Gasteiger partial charge in [-0.2, -0.15) is 0 Å². The average Bonchev–Trinajstić information content (AvgIpc) is 2.34. The summed E-state index contributed by atoms with van der Waals surface area (Å²) in [7, 11) is 0. The van der Waals surface area contributed by atoms with E-state index in [1.54, 1.807) is 19.1 Å². The summed E-state index contributed by atoms with van der Waals surface area (Å²) >= 11 is 0. The molecule has 0 aliphatic carbocycles. The highest BCUT2D eigenvalue weighted by Crippen LogP contribution is 2.26. The molecule has 2 aromatic rings. The van der Waals surface area contributed by atoms with Gasteiger partial charge in [0, 0.05) is 18.2 Å². The van der Waals surface area contributed by atoms with E-state index in [0.717, 1.165) is 5.56 Å². The number of hydrogen-bond donors (Lipinski definition) is 2. The molecule has 100 valence electrons. The van der Waals surface area contributed by atoms with E-state index in [4.69, 9.17) is 5.11 Å². The number of phenolic OH excluding ortho intramolecular Hbond substituents is 1. The van der Waals surface area contributed by atoms with E-state index < -0.39 is 23.5 Å². The Morgan fingerprint density at radius 2 is 1.53 bits per heavy atom. The van der Waals surface area contributed by atoms with Crippen molar-refractivity contribution in [2.24, 2.45) is 0 Å².